The second kappa shape index (κ2) is 12.0. The highest BCUT2D eigenvalue weighted by Gasteiger charge is 2.34. The smallest absolute Gasteiger partial charge is 0.493 e. The number of fused-ring (bicyclic) bond motifs is 1. The van der Waals surface area contributed by atoms with E-state index in [1.807, 2.05) is 13.8 Å². The number of aromatic nitrogens is 4. The Morgan fingerprint density at radius 2 is 1.89 bits per heavy atom. The summed E-state index contributed by atoms with van der Waals surface area (Å²) in [4.78, 5) is 20.6. The van der Waals surface area contributed by atoms with Gasteiger partial charge < -0.3 is 9.72 Å². The van der Waals surface area contributed by atoms with E-state index >= 15 is 0 Å². The van der Waals surface area contributed by atoms with Crippen LogP contribution in [0.2, 0.25) is 0 Å². The zero-order valence-electron chi connectivity index (χ0n) is 22.3. The summed E-state index contributed by atoms with van der Waals surface area (Å²) in [6.07, 6.45) is 3.18. The molecule has 1 unspecified atom stereocenters. The van der Waals surface area contributed by atoms with Crippen molar-refractivity contribution in [2.45, 2.75) is 51.3 Å². The number of hydrogen-bond acceptors (Lipinski definition) is 8. The van der Waals surface area contributed by atoms with Gasteiger partial charge in [0.15, 0.2) is 11.7 Å². The summed E-state index contributed by atoms with van der Waals surface area (Å²) < 4.78 is 53.1. The molecule has 1 aromatic carbocycles. The fourth-order valence-corrected chi connectivity index (χ4v) is 7.48. The van der Waals surface area contributed by atoms with Crippen molar-refractivity contribution in [3.8, 4) is 17.1 Å². The molecule has 1 saturated heterocycles. The van der Waals surface area contributed by atoms with Gasteiger partial charge in [0.1, 0.15) is 17.1 Å². The quantitative estimate of drug-likeness (QED) is 0.347. The van der Waals surface area contributed by atoms with Crippen LogP contribution < -0.4 is 10.3 Å². The first-order chi connectivity index (χ1) is 18.2. The number of piperidine rings is 1. The maximum absolute atomic E-state index is 13.6. The highest BCUT2D eigenvalue weighted by molar-refractivity contribution is 7.89. The number of aromatic amines is 1. The number of nitrogens with zero attached hydrogens (tertiary/aromatic N) is 4. The van der Waals surface area contributed by atoms with Crippen molar-refractivity contribution >= 4 is 29.1 Å². The molecule has 0 amide bonds. The van der Waals surface area contributed by atoms with Gasteiger partial charge in [-0.15, -0.1) is 4.52 Å². The number of rotatable bonds is 11. The molecule has 1 fully saturated rings. The summed E-state index contributed by atoms with van der Waals surface area (Å²) in [6, 6.07) is 4.63. The van der Waals surface area contributed by atoms with Crippen LogP contribution in [0.15, 0.2) is 27.9 Å². The van der Waals surface area contributed by atoms with Crippen molar-refractivity contribution in [3.05, 3.63) is 34.2 Å². The zero-order chi connectivity index (χ0) is 27.4. The van der Waals surface area contributed by atoms with Gasteiger partial charge in [0.2, 0.25) is 10.0 Å². The molecule has 38 heavy (non-hydrogen) atoms. The van der Waals surface area contributed by atoms with Gasteiger partial charge in [-0.25, -0.2) is 13.4 Å². The number of hydrogen-bond donors (Lipinski definition) is 1. The first-order valence-corrected chi connectivity index (χ1v) is 15.8. The maximum atomic E-state index is 13.6. The molecule has 11 nitrogen and oxygen atoms in total. The molecule has 0 radical (unpaired) electrons. The molecule has 3 heterocycles. The third kappa shape index (κ3) is 5.83. The lowest BCUT2D eigenvalue weighted by molar-refractivity contribution is 0.281. The van der Waals surface area contributed by atoms with E-state index in [0.29, 0.717) is 79.8 Å². The first-order valence-electron chi connectivity index (χ1n) is 13.0. The van der Waals surface area contributed by atoms with Crippen LogP contribution in [0.4, 0.5) is 0 Å². The average molecular weight is 565 g/mol. The second-order valence-electron chi connectivity index (χ2n) is 9.30. The van der Waals surface area contributed by atoms with Gasteiger partial charge in [-0.1, -0.05) is 13.3 Å². The Hall–Kier alpha value is -2.66. The van der Waals surface area contributed by atoms with Crippen LogP contribution in [0.1, 0.15) is 45.7 Å². The van der Waals surface area contributed by atoms with Gasteiger partial charge in [-0.3, -0.25) is 9.48 Å². The number of nitrogens with one attached hydrogen (secondary N) is 1. The highest BCUT2D eigenvalue weighted by Crippen LogP contribution is 2.35. The minimum Gasteiger partial charge on any atom is -0.493 e. The van der Waals surface area contributed by atoms with Crippen LogP contribution in [0.3, 0.4) is 0 Å². The van der Waals surface area contributed by atoms with Crippen molar-refractivity contribution in [2.24, 2.45) is 13.0 Å². The standard InChI is InChI=1S/C25H34N5O6PS/c1-5-8-20-22-23(29(4)28-20)25(31)27-24(26-22)19-15-18(9-10-21(19)35-6-2)38(33,34)30-13-11-17(12-14-30)16-37(32)36-7-3/h9-10,15,17H,5-8,11-14,16H2,1-4H3/p+1. The van der Waals surface area contributed by atoms with Crippen LogP contribution in [-0.2, 0) is 32.6 Å². The SMILES string of the molecule is CCCc1nn(C)c2c(=O)[nH]c(-c3cc(S(=O)(=O)N4CCC(C[P+](=O)OCC)CC4)ccc3OCC)nc12. The summed E-state index contributed by atoms with van der Waals surface area (Å²) in [7, 11) is -3.83. The van der Waals surface area contributed by atoms with Crippen molar-refractivity contribution in [2.75, 3.05) is 32.5 Å². The van der Waals surface area contributed by atoms with E-state index in [0.717, 1.165) is 6.42 Å². The number of aryl methyl sites for hydroxylation is 2. The van der Waals surface area contributed by atoms with Crippen LogP contribution in [0, 0.1) is 5.92 Å². The van der Waals surface area contributed by atoms with Crippen LogP contribution in [0.5, 0.6) is 5.75 Å². The molecule has 0 spiro atoms. The summed E-state index contributed by atoms with van der Waals surface area (Å²) in [5.74, 6) is 0.811. The van der Waals surface area contributed by atoms with E-state index in [9.17, 15) is 17.8 Å². The maximum Gasteiger partial charge on any atom is 0.508 e. The third-order valence-corrected chi connectivity index (χ3v) is 9.90. The van der Waals surface area contributed by atoms with Crippen molar-refractivity contribution < 1.29 is 22.2 Å². The lowest BCUT2D eigenvalue weighted by atomic mass is 10.0. The molecule has 1 aliphatic heterocycles. The van der Waals surface area contributed by atoms with Gasteiger partial charge in [-0.05, 0) is 55.9 Å². The number of benzene rings is 1. The van der Waals surface area contributed by atoms with Crippen molar-refractivity contribution in [3.63, 3.8) is 0 Å². The van der Waals surface area contributed by atoms with Crippen LogP contribution >= 0.6 is 8.03 Å². The summed E-state index contributed by atoms with van der Waals surface area (Å²) in [5, 5.41) is 4.46. The van der Waals surface area contributed by atoms with Crippen molar-refractivity contribution in [1.82, 2.24) is 24.1 Å². The topological polar surface area (TPSA) is 136 Å². The van der Waals surface area contributed by atoms with Crippen LogP contribution in [-0.4, -0.2) is 64.9 Å². The fraction of sp³-hybridized carbons (Fsp3) is 0.560. The highest BCUT2D eigenvalue weighted by atomic mass is 32.2. The summed E-state index contributed by atoms with van der Waals surface area (Å²) in [6.45, 7) is 7.09. The van der Waals surface area contributed by atoms with Gasteiger partial charge >= 0.3 is 8.03 Å². The summed E-state index contributed by atoms with van der Waals surface area (Å²) >= 11 is 0. The molecule has 13 heteroatoms. The Labute approximate surface area is 223 Å². The number of H-pyrrole nitrogens is 1. The molecule has 0 saturated carbocycles. The van der Waals surface area contributed by atoms with Crippen LogP contribution in [0.25, 0.3) is 22.4 Å². The predicted molar refractivity (Wildman–Crippen MR) is 145 cm³/mol. The molecule has 3 aromatic rings. The first kappa shape index (κ1) is 28.4. The molecule has 206 valence electrons. The lowest BCUT2D eigenvalue weighted by Crippen LogP contribution is -2.39. The van der Waals surface area contributed by atoms with E-state index in [2.05, 4.69) is 10.1 Å². The largest absolute Gasteiger partial charge is 0.508 e. The molecule has 2 aromatic heterocycles. The average Bonchev–Trinajstić information content (AvgIpc) is 3.20. The van der Waals surface area contributed by atoms with Crippen molar-refractivity contribution in [1.29, 1.82) is 0 Å². The number of sulfonamides is 1. The third-order valence-electron chi connectivity index (χ3n) is 6.65. The molecule has 0 bridgehead atoms. The summed E-state index contributed by atoms with van der Waals surface area (Å²) in [5.41, 5.74) is 1.62. The van der Waals surface area contributed by atoms with E-state index in [4.69, 9.17) is 14.2 Å². The van der Waals surface area contributed by atoms with E-state index in [1.165, 1.54) is 21.1 Å². The Bertz CT molecular complexity index is 1480. The molecule has 4 rings (SSSR count). The van der Waals surface area contributed by atoms with E-state index in [1.54, 1.807) is 20.0 Å². The zero-order valence-corrected chi connectivity index (χ0v) is 24.0. The van der Waals surface area contributed by atoms with E-state index < -0.39 is 18.1 Å². The monoisotopic (exact) mass is 564 g/mol. The van der Waals surface area contributed by atoms with Gasteiger partial charge in [-0.2, -0.15) is 9.40 Å². The molecule has 0 aliphatic carbocycles. The Morgan fingerprint density at radius 1 is 1.16 bits per heavy atom. The molecule has 1 N–H and O–H groups in total. The van der Waals surface area contributed by atoms with Gasteiger partial charge in [0.25, 0.3) is 5.56 Å². The fourth-order valence-electron chi connectivity index (χ4n) is 4.80. The molecule has 1 atom stereocenters. The Morgan fingerprint density at radius 3 is 2.55 bits per heavy atom. The minimum atomic E-state index is -3.81. The lowest BCUT2D eigenvalue weighted by Gasteiger charge is -2.29. The Kier molecular flexibility index (Phi) is 8.97. The number of ether oxygens (including phenoxy) is 1. The molecular formula is C25H35N5O6PS+. The Balaban J connectivity index is 1.68. The van der Waals surface area contributed by atoms with E-state index in [-0.39, 0.29) is 22.2 Å². The van der Waals surface area contributed by atoms with Gasteiger partial charge in [0.05, 0.1) is 29.4 Å². The molecule has 1 aliphatic rings. The van der Waals surface area contributed by atoms with Gasteiger partial charge in [0, 0.05) is 26.1 Å². The normalized spacial score (nSPS) is 15.7. The molecular weight excluding hydrogens is 529 g/mol. The minimum absolute atomic E-state index is 0.0949. The second-order valence-corrected chi connectivity index (χ2v) is 12.5. The predicted octanol–water partition coefficient (Wildman–Crippen LogP) is 3.85.